The van der Waals surface area contributed by atoms with Crippen LogP contribution in [0.5, 0.6) is 0 Å². The first-order chi connectivity index (χ1) is 19.8. The highest BCUT2D eigenvalue weighted by Crippen LogP contribution is 2.47. The predicted molar refractivity (Wildman–Crippen MR) is 148 cm³/mol. The van der Waals surface area contributed by atoms with Crippen LogP contribution in [0.4, 0.5) is 26.3 Å². The number of likely N-dealkylation sites (tertiary alicyclic amines) is 1. The Morgan fingerprint density at radius 3 is 2.05 bits per heavy atom. The lowest BCUT2D eigenvalue weighted by Crippen LogP contribution is -2.59. The number of hydrogen-bond acceptors (Lipinski definition) is 6. The smallest absolute Gasteiger partial charge is 0.467 e. The molecule has 4 rings (SSSR count). The minimum absolute atomic E-state index is 0.198. The number of piperidine rings is 1. The fourth-order valence-electron chi connectivity index (χ4n) is 5.59. The number of carbonyl (C=O) groups is 2. The summed E-state index contributed by atoms with van der Waals surface area (Å²) in [5, 5.41) is 3.63. The van der Waals surface area contributed by atoms with Crippen molar-refractivity contribution in [1.82, 2.24) is 10.2 Å². The van der Waals surface area contributed by atoms with Crippen LogP contribution in [0, 0.1) is 5.41 Å². The zero-order chi connectivity index (χ0) is 32.0. The Balaban J connectivity index is 1.61. The molecule has 2 saturated heterocycles. The van der Waals surface area contributed by atoms with E-state index in [-0.39, 0.29) is 6.42 Å². The predicted octanol–water partition coefficient (Wildman–Crippen LogP) is 4.55. The van der Waals surface area contributed by atoms with Crippen LogP contribution in [0.3, 0.4) is 0 Å². The Bertz CT molecular complexity index is 1340. The van der Waals surface area contributed by atoms with E-state index in [1.54, 1.807) is 24.3 Å². The topological polar surface area (TPSA) is 77.1 Å². The molecule has 0 radical (unpaired) electrons. The highest BCUT2D eigenvalue weighted by Gasteiger charge is 2.61. The number of alkyl halides is 6. The average Bonchev–Trinajstić information content (AvgIpc) is 3.12. The molecule has 0 unspecified atom stereocenters. The molecule has 2 fully saturated rings. The van der Waals surface area contributed by atoms with Crippen molar-refractivity contribution in [2.45, 2.75) is 76.6 Å². The summed E-state index contributed by atoms with van der Waals surface area (Å²) >= 11 is 0. The molecule has 0 aromatic heterocycles. The van der Waals surface area contributed by atoms with Crippen LogP contribution in [0.25, 0.3) is 10.8 Å². The van der Waals surface area contributed by atoms with Gasteiger partial charge in [-0.2, -0.15) is 26.3 Å². The lowest BCUT2D eigenvalue weighted by Gasteiger charge is -2.42. The molecule has 0 bridgehead atoms. The number of amides is 1. The Hall–Kier alpha value is -2.84. The number of halogens is 6. The molecule has 2 aromatic carbocycles. The molecule has 2 aliphatic rings. The number of carbonyl (C=O) groups excluding carboxylic acids is 2. The molecule has 1 atom stereocenters. The number of fused-ring (bicyclic) bond motifs is 1. The number of rotatable bonds is 7. The maximum Gasteiger partial charge on any atom is 0.495 e. The van der Waals surface area contributed by atoms with E-state index in [2.05, 4.69) is 5.32 Å². The number of hydrogen-bond donors (Lipinski definition) is 1. The first kappa shape index (κ1) is 33.1. The summed E-state index contributed by atoms with van der Waals surface area (Å²) < 4.78 is 98.7. The van der Waals surface area contributed by atoms with Crippen LogP contribution < -0.4 is 10.8 Å². The molecule has 2 aromatic rings. The van der Waals surface area contributed by atoms with E-state index >= 15 is 0 Å². The third kappa shape index (κ3) is 6.65. The SMILES string of the molecule is COC(=O)[C@H](Cc1cccc2c(B3OC(C)(C)C(C)(C)O3)cccc12)NC(=O)C1(C(F)(F)F)CCN(CC(F)(F)F)CC1. The number of esters is 1. The van der Waals surface area contributed by atoms with Crippen molar-refractivity contribution < 1.29 is 50.0 Å². The van der Waals surface area contributed by atoms with E-state index in [1.165, 1.54) is 0 Å². The third-order valence-corrected chi connectivity index (χ3v) is 8.86. The minimum Gasteiger partial charge on any atom is -0.467 e. The molecule has 14 heteroatoms. The minimum atomic E-state index is -5.06. The molecule has 1 amide bonds. The normalized spacial score (nSPS) is 21.0. The van der Waals surface area contributed by atoms with Crippen molar-refractivity contribution in [3.63, 3.8) is 0 Å². The van der Waals surface area contributed by atoms with Gasteiger partial charge in [0.1, 0.15) is 11.5 Å². The van der Waals surface area contributed by atoms with Crippen molar-refractivity contribution >= 4 is 35.2 Å². The molecule has 236 valence electrons. The van der Waals surface area contributed by atoms with Crippen LogP contribution in [0.15, 0.2) is 36.4 Å². The van der Waals surface area contributed by atoms with Crippen LogP contribution in [-0.4, -0.2) is 80.2 Å². The molecule has 1 N–H and O–H groups in total. The van der Waals surface area contributed by atoms with Gasteiger partial charge < -0.3 is 19.4 Å². The summed E-state index contributed by atoms with van der Waals surface area (Å²) in [5.41, 5.74) is -2.89. The van der Waals surface area contributed by atoms with Gasteiger partial charge in [0, 0.05) is 6.42 Å². The Kier molecular flexibility index (Phi) is 8.91. The lowest BCUT2D eigenvalue weighted by molar-refractivity contribution is -0.236. The van der Waals surface area contributed by atoms with Crippen molar-refractivity contribution in [3.05, 3.63) is 42.0 Å². The summed E-state index contributed by atoms with van der Waals surface area (Å²) in [4.78, 5) is 26.9. The molecular weight excluding hydrogens is 581 g/mol. The van der Waals surface area contributed by atoms with E-state index in [4.69, 9.17) is 14.0 Å². The van der Waals surface area contributed by atoms with Crippen molar-refractivity contribution in [3.8, 4) is 0 Å². The Morgan fingerprint density at radius 1 is 0.953 bits per heavy atom. The van der Waals surface area contributed by atoms with Gasteiger partial charge in [0.05, 0.1) is 24.9 Å². The zero-order valence-electron chi connectivity index (χ0n) is 24.6. The Morgan fingerprint density at radius 2 is 1.51 bits per heavy atom. The van der Waals surface area contributed by atoms with Gasteiger partial charge in [-0.05, 0) is 75.4 Å². The highest BCUT2D eigenvalue weighted by molar-refractivity contribution is 6.65. The van der Waals surface area contributed by atoms with E-state index in [9.17, 15) is 35.9 Å². The van der Waals surface area contributed by atoms with E-state index in [0.717, 1.165) is 22.9 Å². The van der Waals surface area contributed by atoms with E-state index in [0.29, 0.717) is 10.9 Å². The van der Waals surface area contributed by atoms with Gasteiger partial charge in [-0.25, -0.2) is 4.79 Å². The van der Waals surface area contributed by atoms with E-state index in [1.807, 2.05) is 39.8 Å². The monoisotopic (exact) mass is 616 g/mol. The van der Waals surface area contributed by atoms with Gasteiger partial charge in [0.2, 0.25) is 5.91 Å². The molecule has 2 heterocycles. The van der Waals surface area contributed by atoms with Crippen LogP contribution >= 0.6 is 0 Å². The summed E-state index contributed by atoms with van der Waals surface area (Å²) in [6, 6.07) is 9.14. The Labute approximate surface area is 246 Å². The van der Waals surface area contributed by atoms with Crippen molar-refractivity contribution in [2.75, 3.05) is 26.7 Å². The standard InChI is InChI=1S/C29H35BF6N2O5/c1-25(2)26(3,4)43-30(42-25)21-11-7-9-19-18(8-6-10-20(19)21)16-22(23(39)41-5)37-24(40)27(29(34,35)36)12-14-38(15-13-27)17-28(31,32)33/h6-11,22H,12-17H2,1-5H3,(H,37,40)/t22-/m0/s1. The van der Waals surface area contributed by atoms with Crippen molar-refractivity contribution in [2.24, 2.45) is 5.41 Å². The second-order valence-corrected chi connectivity index (χ2v) is 12.2. The molecule has 0 saturated carbocycles. The third-order valence-electron chi connectivity index (χ3n) is 8.86. The first-order valence-electron chi connectivity index (χ1n) is 13.9. The molecule has 0 aliphatic carbocycles. The van der Waals surface area contributed by atoms with Gasteiger partial charge in [-0.3, -0.25) is 9.69 Å². The zero-order valence-corrected chi connectivity index (χ0v) is 24.6. The van der Waals surface area contributed by atoms with Crippen LogP contribution in [0.2, 0.25) is 0 Å². The maximum absolute atomic E-state index is 14.3. The lowest BCUT2D eigenvalue weighted by atomic mass is 9.75. The van der Waals surface area contributed by atoms with Gasteiger partial charge in [-0.15, -0.1) is 0 Å². The quantitative estimate of drug-likeness (QED) is 0.280. The summed E-state index contributed by atoms with van der Waals surface area (Å²) in [6.45, 7) is 5.13. The largest absolute Gasteiger partial charge is 0.495 e. The average molecular weight is 616 g/mol. The van der Waals surface area contributed by atoms with Gasteiger partial charge in [-0.1, -0.05) is 36.4 Å². The van der Waals surface area contributed by atoms with Crippen LogP contribution in [0.1, 0.15) is 46.1 Å². The second kappa shape index (κ2) is 11.6. The van der Waals surface area contributed by atoms with Crippen molar-refractivity contribution in [1.29, 1.82) is 0 Å². The highest BCUT2D eigenvalue weighted by atomic mass is 19.4. The first-order valence-corrected chi connectivity index (χ1v) is 13.9. The molecule has 0 spiro atoms. The molecule has 7 nitrogen and oxygen atoms in total. The number of benzene rings is 2. The van der Waals surface area contributed by atoms with Gasteiger partial charge in [0.25, 0.3) is 0 Å². The number of ether oxygens (including phenoxy) is 1. The van der Waals surface area contributed by atoms with E-state index < -0.39 is 86.5 Å². The maximum atomic E-state index is 14.3. The summed E-state index contributed by atoms with van der Waals surface area (Å²) in [7, 11) is 0.353. The molecule has 43 heavy (non-hydrogen) atoms. The summed E-state index contributed by atoms with van der Waals surface area (Å²) in [5.74, 6) is -2.43. The number of nitrogens with one attached hydrogen (secondary N) is 1. The fraction of sp³-hybridized carbons (Fsp3) is 0.586. The van der Waals surface area contributed by atoms with Crippen LogP contribution in [-0.2, 0) is 30.1 Å². The van der Waals surface area contributed by atoms with Gasteiger partial charge >= 0.3 is 25.4 Å². The fourth-order valence-corrected chi connectivity index (χ4v) is 5.59. The molecular formula is C29H35BF6N2O5. The second-order valence-electron chi connectivity index (χ2n) is 12.2. The number of nitrogens with zero attached hydrogens (tertiary/aromatic N) is 1. The number of methoxy groups -OCH3 is 1. The van der Waals surface area contributed by atoms with Gasteiger partial charge in [0.15, 0.2) is 0 Å². The summed E-state index contributed by atoms with van der Waals surface area (Å²) in [6.07, 6.45) is -11.6. The molecule has 2 aliphatic heterocycles.